The molecule has 0 fully saturated rings. The van der Waals surface area contributed by atoms with Gasteiger partial charge in [0.05, 0.1) is 0 Å². The largest absolute Gasteiger partial charge is 0.463 e. The van der Waals surface area contributed by atoms with Gasteiger partial charge in [-0.1, -0.05) is 15.9 Å². The van der Waals surface area contributed by atoms with Crippen LogP contribution >= 0.6 is 15.9 Å². The highest BCUT2D eigenvalue weighted by Crippen LogP contribution is 2.37. The summed E-state index contributed by atoms with van der Waals surface area (Å²) in [4.78, 5) is 0. The minimum Gasteiger partial charge on any atom is -0.428 e. The maximum absolute atomic E-state index is 12.9. The molecule has 0 aromatic heterocycles. The Morgan fingerprint density at radius 3 is 2.19 bits per heavy atom. The van der Waals surface area contributed by atoms with Gasteiger partial charge in [0.25, 0.3) is 0 Å². The number of alkyl halides is 4. The van der Waals surface area contributed by atoms with E-state index in [-0.39, 0.29) is 12.7 Å². The summed E-state index contributed by atoms with van der Waals surface area (Å²) in [5, 5.41) is 0. The second-order valence-electron chi connectivity index (χ2n) is 3.42. The fourth-order valence-corrected chi connectivity index (χ4v) is 1.43. The number of benzene rings is 1. The van der Waals surface area contributed by atoms with Gasteiger partial charge >= 0.3 is 12.0 Å². The average molecular weight is 301 g/mol. The number of aryl methyl sites for hydroxylation is 1. The fourth-order valence-electron chi connectivity index (χ4n) is 0.955. The molecule has 0 unspecified atom stereocenters. The van der Waals surface area contributed by atoms with E-state index in [0.717, 1.165) is 0 Å². The van der Waals surface area contributed by atoms with Crippen molar-refractivity contribution < 1.29 is 22.3 Å². The van der Waals surface area contributed by atoms with E-state index < -0.39 is 12.0 Å². The lowest BCUT2D eigenvalue weighted by Crippen LogP contribution is -2.43. The highest BCUT2D eigenvalue weighted by Gasteiger charge is 2.55. The SMILES string of the molecule is Cc1cc(Br)ccc1OC(F)(F)C(C)(F)F. The van der Waals surface area contributed by atoms with Crippen LogP contribution in [0.3, 0.4) is 0 Å². The summed E-state index contributed by atoms with van der Waals surface area (Å²) in [6.07, 6.45) is -4.52. The Hall–Kier alpha value is -0.780. The summed E-state index contributed by atoms with van der Waals surface area (Å²) in [6.45, 7) is 1.60. The average Bonchev–Trinajstić information content (AvgIpc) is 2.08. The van der Waals surface area contributed by atoms with E-state index in [1.54, 1.807) is 0 Å². The van der Waals surface area contributed by atoms with Gasteiger partial charge in [-0.05, 0) is 30.7 Å². The third-order valence-corrected chi connectivity index (χ3v) is 2.38. The smallest absolute Gasteiger partial charge is 0.428 e. The summed E-state index contributed by atoms with van der Waals surface area (Å²) < 4.78 is 55.6. The molecule has 0 aliphatic heterocycles. The molecule has 0 saturated heterocycles. The third kappa shape index (κ3) is 2.87. The summed E-state index contributed by atoms with van der Waals surface area (Å²) in [5.41, 5.74) is 0.346. The topological polar surface area (TPSA) is 9.23 Å². The Morgan fingerprint density at radius 2 is 1.75 bits per heavy atom. The van der Waals surface area contributed by atoms with Crippen LogP contribution in [0.5, 0.6) is 5.75 Å². The number of halogens is 5. The molecule has 16 heavy (non-hydrogen) atoms. The van der Waals surface area contributed by atoms with E-state index in [4.69, 9.17) is 0 Å². The standard InChI is InChI=1S/C10H9BrF4O/c1-6-5-7(11)3-4-8(6)16-10(14,15)9(2,12)13/h3-5H,1-2H3. The summed E-state index contributed by atoms with van der Waals surface area (Å²) in [7, 11) is 0. The van der Waals surface area contributed by atoms with E-state index in [1.165, 1.54) is 25.1 Å². The Bertz CT molecular complexity index is 387. The zero-order valence-electron chi connectivity index (χ0n) is 8.53. The lowest BCUT2D eigenvalue weighted by Gasteiger charge is -2.24. The second kappa shape index (κ2) is 4.24. The van der Waals surface area contributed by atoms with E-state index in [9.17, 15) is 17.6 Å². The first-order chi connectivity index (χ1) is 7.13. The van der Waals surface area contributed by atoms with Gasteiger partial charge in [-0.15, -0.1) is 0 Å². The number of ether oxygens (including phenoxy) is 1. The molecule has 0 amide bonds. The molecule has 0 atom stereocenters. The molecule has 0 N–H and O–H groups in total. The first kappa shape index (κ1) is 13.3. The second-order valence-corrected chi connectivity index (χ2v) is 4.33. The van der Waals surface area contributed by atoms with Crippen LogP contribution in [0.25, 0.3) is 0 Å². The van der Waals surface area contributed by atoms with Gasteiger partial charge in [-0.2, -0.15) is 17.6 Å². The predicted molar refractivity (Wildman–Crippen MR) is 55.1 cm³/mol. The van der Waals surface area contributed by atoms with E-state index in [0.29, 0.717) is 10.0 Å². The van der Waals surface area contributed by atoms with Gasteiger partial charge in [0, 0.05) is 11.4 Å². The van der Waals surface area contributed by atoms with Crippen LogP contribution in [0.2, 0.25) is 0 Å². The molecular formula is C10H9BrF4O. The van der Waals surface area contributed by atoms with Crippen LogP contribution in [0, 0.1) is 6.92 Å². The van der Waals surface area contributed by atoms with Crippen LogP contribution < -0.4 is 4.74 Å². The van der Waals surface area contributed by atoms with Crippen molar-refractivity contribution in [2.24, 2.45) is 0 Å². The Morgan fingerprint density at radius 1 is 1.19 bits per heavy atom. The molecule has 0 aliphatic carbocycles. The zero-order chi connectivity index (χ0) is 12.6. The van der Waals surface area contributed by atoms with Crippen LogP contribution in [-0.2, 0) is 0 Å². The minimum atomic E-state index is -4.52. The predicted octanol–water partition coefficient (Wildman–Crippen LogP) is 4.38. The minimum absolute atomic E-state index is 0.112. The Balaban J connectivity index is 2.97. The van der Waals surface area contributed by atoms with Gasteiger partial charge in [-0.25, -0.2) is 0 Å². The molecule has 0 bridgehead atoms. The van der Waals surface area contributed by atoms with Crippen molar-refractivity contribution in [3.8, 4) is 5.75 Å². The van der Waals surface area contributed by atoms with Gasteiger partial charge in [0.1, 0.15) is 5.75 Å². The first-order valence-corrected chi connectivity index (χ1v) is 5.13. The molecule has 1 aromatic rings. The van der Waals surface area contributed by atoms with Crippen molar-refractivity contribution in [2.45, 2.75) is 25.9 Å². The molecule has 1 rings (SSSR count). The Labute approximate surface area is 98.5 Å². The van der Waals surface area contributed by atoms with Crippen LogP contribution in [-0.4, -0.2) is 12.0 Å². The molecule has 1 aromatic carbocycles. The molecule has 0 heterocycles. The van der Waals surface area contributed by atoms with E-state index in [2.05, 4.69) is 20.7 Å². The molecule has 1 nitrogen and oxygen atoms in total. The van der Waals surface area contributed by atoms with Crippen molar-refractivity contribution in [2.75, 3.05) is 0 Å². The van der Waals surface area contributed by atoms with Crippen LogP contribution in [0.1, 0.15) is 12.5 Å². The number of rotatable bonds is 3. The summed E-state index contributed by atoms with van der Waals surface area (Å²) >= 11 is 3.12. The van der Waals surface area contributed by atoms with Gasteiger partial charge in [0.2, 0.25) is 0 Å². The molecule has 0 aliphatic rings. The van der Waals surface area contributed by atoms with Crippen LogP contribution in [0.15, 0.2) is 22.7 Å². The fraction of sp³-hybridized carbons (Fsp3) is 0.400. The third-order valence-electron chi connectivity index (χ3n) is 1.89. The molecule has 0 spiro atoms. The van der Waals surface area contributed by atoms with E-state index in [1.807, 2.05) is 0 Å². The molecular weight excluding hydrogens is 292 g/mol. The maximum Gasteiger partial charge on any atom is 0.463 e. The summed E-state index contributed by atoms with van der Waals surface area (Å²) in [6, 6.07) is 4.14. The van der Waals surface area contributed by atoms with Crippen molar-refractivity contribution in [3.05, 3.63) is 28.2 Å². The highest BCUT2D eigenvalue weighted by atomic mass is 79.9. The van der Waals surface area contributed by atoms with Crippen molar-refractivity contribution in [1.29, 1.82) is 0 Å². The van der Waals surface area contributed by atoms with Gasteiger partial charge < -0.3 is 4.74 Å². The molecule has 90 valence electrons. The first-order valence-electron chi connectivity index (χ1n) is 4.34. The lowest BCUT2D eigenvalue weighted by atomic mass is 10.2. The normalized spacial score (nSPS) is 12.7. The van der Waals surface area contributed by atoms with Crippen molar-refractivity contribution in [1.82, 2.24) is 0 Å². The highest BCUT2D eigenvalue weighted by molar-refractivity contribution is 9.10. The number of hydrogen-bond donors (Lipinski definition) is 0. The summed E-state index contributed by atoms with van der Waals surface area (Å²) in [5.74, 6) is -4.50. The Kier molecular flexibility index (Phi) is 3.52. The molecule has 0 radical (unpaired) electrons. The number of hydrogen-bond acceptors (Lipinski definition) is 1. The monoisotopic (exact) mass is 300 g/mol. The van der Waals surface area contributed by atoms with Crippen molar-refractivity contribution in [3.63, 3.8) is 0 Å². The quantitative estimate of drug-likeness (QED) is 0.753. The van der Waals surface area contributed by atoms with E-state index >= 15 is 0 Å². The lowest BCUT2D eigenvalue weighted by molar-refractivity contribution is -0.301. The van der Waals surface area contributed by atoms with Crippen LogP contribution in [0.4, 0.5) is 17.6 Å². The van der Waals surface area contributed by atoms with Gasteiger partial charge in [0.15, 0.2) is 0 Å². The van der Waals surface area contributed by atoms with Gasteiger partial charge in [-0.3, -0.25) is 0 Å². The van der Waals surface area contributed by atoms with Crippen molar-refractivity contribution >= 4 is 15.9 Å². The molecule has 6 heteroatoms. The maximum atomic E-state index is 12.9. The molecule has 0 saturated carbocycles. The zero-order valence-corrected chi connectivity index (χ0v) is 10.1.